The molecule has 0 fully saturated rings. The molecule has 0 saturated heterocycles. The maximum atomic E-state index is 2.39. The van der Waals surface area contributed by atoms with Gasteiger partial charge in [0.05, 0.1) is 0 Å². The van der Waals surface area contributed by atoms with E-state index in [4.69, 9.17) is 0 Å². The van der Waals surface area contributed by atoms with E-state index < -0.39 is 0 Å². The normalized spacial score (nSPS) is 11.6. The molecule has 0 aliphatic heterocycles. The van der Waals surface area contributed by atoms with Crippen LogP contribution in [0.2, 0.25) is 0 Å². The molecule has 0 spiro atoms. The fraction of sp³-hybridized carbons (Fsp3) is 0.737. The highest BCUT2D eigenvalue weighted by molar-refractivity contribution is 5.27. The molecule has 0 saturated carbocycles. The molecular weight excluding hydrogens is 242 g/mol. The lowest BCUT2D eigenvalue weighted by atomic mass is 9.92. The van der Waals surface area contributed by atoms with Crippen molar-refractivity contribution in [2.45, 2.75) is 91.5 Å². The molecule has 0 aliphatic rings. The van der Waals surface area contributed by atoms with Crippen LogP contribution in [0.1, 0.15) is 96.1 Å². The Balaban J connectivity index is 2.53. The van der Waals surface area contributed by atoms with Crippen molar-refractivity contribution in [3.05, 3.63) is 29.6 Å². The molecule has 0 aliphatic carbocycles. The zero-order valence-electron chi connectivity index (χ0n) is 14.3. The lowest BCUT2D eigenvalue weighted by Gasteiger charge is -2.14. The average Bonchev–Trinajstić information content (AvgIpc) is 2.42. The zero-order chi connectivity index (χ0) is 15.0. The van der Waals surface area contributed by atoms with E-state index in [1.807, 2.05) is 0 Å². The minimum absolute atomic E-state index is 0.615. The molecular formula is C19H34N+. The number of nitrogens with zero attached hydrogens (tertiary/aromatic N) is 1. The van der Waals surface area contributed by atoms with Crippen LogP contribution in [0.15, 0.2) is 18.5 Å². The monoisotopic (exact) mass is 276 g/mol. The topological polar surface area (TPSA) is 3.88 Å². The average molecular weight is 276 g/mol. The molecule has 0 aromatic carbocycles. The number of unbranched alkanes of at least 4 members (excludes halogenated alkanes) is 5. The van der Waals surface area contributed by atoms with E-state index >= 15 is 0 Å². The first-order valence-corrected chi connectivity index (χ1v) is 8.59. The van der Waals surface area contributed by atoms with Gasteiger partial charge in [0, 0.05) is 18.1 Å². The van der Waals surface area contributed by atoms with E-state index in [0.29, 0.717) is 11.8 Å². The van der Waals surface area contributed by atoms with Gasteiger partial charge in [-0.3, -0.25) is 0 Å². The number of rotatable bonds is 9. The van der Waals surface area contributed by atoms with E-state index in [-0.39, 0.29) is 0 Å². The number of hydrogen-bond acceptors (Lipinski definition) is 0. The summed E-state index contributed by atoms with van der Waals surface area (Å²) in [6.07, 6.45) is 12.9. The van der Waals surface area contributed by atoms with Gasteiger partial charge in [-0.15, -0.1) is 0 Å². The molecule has 1 aromatic heterocycles. The highest BCUT2D eigenvalue weighted by Crippen LogP contribution is 2.24. The van der Waals surface area contributed by atoms with Crippen LogP contribution in [0, 0.1) is 0 Å². The fourth-order valence-electron chi connectivity index (χ4n) is 2.79. The second-order valence-electron chi connectivity index (χ2n) is 6.67. The molecule has 0 unspecified atom stereocenters. The highest BCUT2D eigenvalue weighted by Gasteiger charge is 2.14. The van der Waals surface area contributed by atoms with Gasteiger partial charge in [0.15, 0.2) is 12.4 Å². The fourth-order valence-corrected chi connectivity index (χ4v) is 2.79. The first-order chi connectivity index (χ1) is 9.56. The van der Waals surface area contributed by atoms with Crippen molar-refractivity contribution >= 4 is 0 Å². The van der Waals surface area contributed by atoms with Gasteiger partial charge in [-0.05, 0) is 23.8 Å². The third-order valence-corrected chi connectivity index (χ3v) is 4.10. The summed E-state index contributed by atoms with van der Waals surface area (Å²) in [7, 11) is 0. The minimum Gasteiger partial charge on any atom is -0.205 e. The van der Waals surface area contributed by atoms with E-state index in [1.165, 1.54) is 56.2 Å². The van der Waals surface area contributed by atoms with Gasteiger partial charge < -0.3 is 0 Å². The predicted octanol–water partition coefficient (Wildman–Crippen LogP) is 5.58. The van der Waals surface area contributed by atoms with E-state index in [2.05, 4.69) is 57.6 Å². The van der Waals surface area contributed by atoms with E-state index in [9.17, 15) is 0 Å². The van der Waals surface area contributed by atoms with Crippen molar-refractivity contribution < 1.29 is 4.57 Å². The summed E-state index contributed by atoms with van der Waals surface area (Å²) in [6.45, 7) is 12.6. The Morgan fingerprint density at radius 2 is 1.45 bits per heavy atom. The van der Waals surface area contributed by atoms with Crippen LogP contribution in [-0.4, -0.2) is 0 Å². The Labute approximate surface area is 126 Å². The van der Waals surface area contributed by atoms with Crippen LogP contribution in [-0.2, 0) is 6.54 Å². The van der Waals surface area contributed by atoms with Crippen LogP contribution >= 0.6 is 0 Å². The molecule has 0 atom stereocenters. The Kier molecular flexibility index (Phi) is 7.87. The SMILES string of the molecule is CCCCCCCC[n+]1ccc(C(C)C)c(C(C)C)c1. The summed E-state index contributed by atoms with van der Waals surface area (Å²) >= 11 is 0. The van der Waals surface area contributed by atoms with E-state index in [0.717, 1.165) is 0 Å². The van der Waals surface area contributed by atoms with Crippen molar-refractivity contribution in [1.82, 2.24) is 0 Å². The molecule has 1 heteroatoms. The van der Waals surface area contributed by atoms with Gasteiger partial charge >= 0.3 is 0 Å². The quantitative estimate of drug-likeness (QED) is 0.409. The molecule has 114 valence electrons. The third-order valence-electron chi connectivity index (χ3n) is 4.10. The van der Waals surface area contributed by atoms with Gasteiger partial charge in [-0.1, -0.05) is 60.3 Å². The molecule has 1 nitrogen and oxygen atoms in total. The van der Waals surface area contributed by atoms with Crippen LogP contribution in [0.4, 0.5) is 0 Å². The van der Waals surface area contributed by atoms with Crippen molar-refractivity contribution in [1.29, 1.82) is 0 Å². The van der Waals surface area contributed by atoms with Crippen molar-refractivity contribution in [3.8, 4) is 0 Å². The number of pyridine rings is 1. The van der Waals surface area contributed by atoms with Crippen molar-refractivity contribution in [3.63, 3.8) is 0 Å². The number of hydrogen-bond donors (Lipinski definition) is 0. The van der Waals surface area contributed by atoms with E-state index in [1.54, 1.807) is 0 Å². The molecule has 1 heterocycles. The predicted molar refractivity (Wildman–Crippen MR) is 88.2 cm³/mol. The zero-order valence-corrected chi connectivity index (χ0v) is 14.3. The largest absolute Gasteiger partial charge is 0.205 e. The van der Waals surface area contributed by atoms with Gasteiger partial charge in [0.25, 0.3) is 0 Å². The molecule has 1 aromatic rings. The lowest BCUT2D eigenvalue weighted by Crippen LogP contribution is -2.34. The summed E-state index contributed by atoms with van der Waals surface area (Å²) in [6, 6.07) is 2.33. The molecule has 0 N–H and O–H groups in total. The molecule has 1 rings (SSSR count). The summed E-state index contributed by atoms with van der Waals surface area (Å²) in [5, 5.41) is 0. The summed E-state index contributed by atoms with van der Waals surface area (Å²) in [5.41, 5.74) is 3.03. The van der Waals surface area contributed by atoms with Crippen LogP contribution < -0.4 is 4.57 Å². The Morgan fingerprint density at radius 3 is 2.05 bits per heavy atom. The van der Waals surface area contributed by atoms with Crippen LogP contribution in [0.5, 0.6) is 0 Å². The minimum atomic E-state index is 0.615. The Hall–Kier alpha value is -0.850. The summed E-state index contributed by atoms with van der Waals surface area (Å²) in [5.74, 6) is 1.24. The number of aryl methyl sites for hydroxylation is 1. The maximum absolute atomic E-state index is 2.39. The third kappa shape index (κ3) is 5.64. The first kappa shape index (κ1) is 17.2. The second-order valence-corrected chi connectivity index (χ2v) is 6.67. The summed E-state index contributed by atoms with van der Waals surface area (Å²) < 4.78 is 2.39. The van der Waals surface area contributed by atoms with Crippen molar-refractivity contribution in [2.75, 3.05) is 0 Å². The molecule has 0 radical (unpaired) electrons. The Morgan fingerprint density at radius 1 is 0.850 bits per heavy atom. The Bertz CT molecular complexity index is 379. The van der Waals surface area contributed by atoms with Gasteiger partial charge in [-0.2, -0.15) is 0 Å². The number of aromatic nitrogens is 1. The lowest BCUT2D eigenvalue weighted by molar-refractivity contribution is -0.697. The summed E-state index contributed by atoms with van der Waals surface area (Å²) in [4.78, 5) is 0. The van der Waals surface area contributed by atoms with Crippen molar-refractivity contribution in [2.24, 2.45) is 0 Å². The second kappa shape index (κ2) is 9.15. The van der Waals surface area contributed by atoms with Crippen LogP contribution in [0.25, 0.3) is 0 Å². The van der Waals surface area contributed by atoms with Gasteiger partial charge in [0.2, 0.25) is 0 Å². The molecule has 0 bridgehead atoms. The van der Waals surface area contributed by atoms with Gasteiger partial charge in [-0.25, -0.2) is 4.57 Å². The standard InChI is InChI=1S/C19H34N/c1-6-7-8-9-10-11-13-20-14-12-18(16(2)3)19(15-20)17(4)5/h12,14-17H,6-11,13H2,1-5H3/q+1. The first-order valence-electron chi connectivity index (χ1n) is 8.59. The molecule has 0 amide bonds. The smallest absolute Gasteiger partial charge is 0.172 e. The highest BCUT2D eigenvalue weighted by atomic mass is 14.9. The van der Waals surface area contributed by atoms with Gasteiger partial charge in [0.1, 0.15) is 6.54 Å². The molecule has 20 heavy (non-hydrogen) atoms. The maximum Gasteiger partial charge on any atom is 0.172 e. The van der Waals surface area contributed by atoms with Crippen LogP contribution in [0.3, 0.4) is 0 Å².